The van der Waals surface area contributed by atoms with Crippen LogP contribution in [0.25, 0.3) is 0 Å². The van der Waals surface area contributed by atoms with Crippen LogP contribution in [0.4, 0.5) is 0 Å². The van der Waals surface area contributed by atoms with E-state index in [9.17, 15) is 4.79 Å². The molecule has 1 aromatic heterocycles. The van der Waals surface area contributed by atoms with Gasteiger partial charge in [0.2, 0.25) is 5.88 Å². The second-order valence-corrected chi connectivity index (χ2v) is 4.08. The number of rotatable bonds is 5. The number of hydrogen-bond donors (Lipinski definition) is 1. The summed E-state index contributed by atoms with van der Waals surface area (Å²) in [6, 6.07) is 7.30. The third-order valence-corrected chi connectivity index (χ3v) is 2.75. The van der Waals surface area contributed by atoms with Crippen LogP contribution < -0.4 is 9.47 Å². The number of benzene rings is 1. The van der Waals surface area contributed by atoms with E-state index in [0.29, 0.717) is 5.69 Å². The average Bonchev–Trinajstić information content (AvgIpc) is 2.45. The van der Waals surface area contributed by atoms with Crippen molar-refractivity contribution < 1.29 is 19.4 Å². The van der Waals surface area contributed by atoms with Gasteiger partial charge in [0.25, 0.3) is 0 Å². The Kier molecular flexibility index (Phi) is 4.14. The molecule has 6 nitrogen and oxygen atoms in total. The molecule has 0 bridgehead atoms. The Balaban J connectivity index is 2.14. The molecule has 1 N–H and O–H groups in total. The van der Waals surface area contributed by atoms with E-state index in [-0.39, 0.29) is 18.1 Å². The van der Waals surface area contributed by atoms with Crippen LogP contribution in [0.5, 0.6) is 11.6 Å². The van der Waals surface area contributed by atoms with Gasteiger partial charge in [-0.2, -0.15) is 0 Å². The van der Waals surface area contributed by atoms with Crippen LogP contribution in [0.1, 0.15) is 21.6 Å². The van der Waals surface area contributed by atoms with Gasteiger partial charge in [-0.3, -0.25) is 0 Å². The maximum atomic E-state index is 11.2. The summed E-state index contributed by atoms with van der Waals surface area (Å²) in [6.45, 7) is 1.83. The smallest absolute Gasteiger partial charge is 0.343 e. The molecule has 20 heavy (non-hydrogen) atoms. The Labute approximate surface area is 116 Å². The first-order chi connectivity index (χ1) is 9.61. The van der Waals surface area contributed by atoms with Crippen molar-refractivity contribution >= 4 is 5.97 Å². The van der Waals surface area contributed by atoms with Gasteiger partial charge in [-0.1, -0.05) is 12.1 Å². The van der Waals surface area contributed by atoms with Gasteiger partial charge >= 0.3 is 5.97 Å². The van der Waals surface area contributed by atoms with E-state index in [0.717, 1.165) is 11.3 Å². The highest BCUT2D eigenvalue weighted by molar-refractivity contribution is 5.91. The number of carbonyl (C=O) groups is 1. The summed E-state index contributed by atoms with van der Waals surface area (Å²) in [4.78, 5) is 18.9. The molecule has 0 amide bonds. The van der Waals surface area contributed by atoms with Gasteiger partial charge in [0.1, 0.15) is 24.2 Å². The first kappa shape index (κ1) is 13.8. The number of methoxy groups -OCH3 is 1. The highest BCUT2D eigenvalue weighted by Gasteiger charge is 2.16. The van der Waals surface area contributed by atoms with E-state index in [4.69, 9.17) is 14.6 Å². The van der Waals surface area contributed by atoms with Gasteiger partial charge in [0, 0.05) is 0 Å². The number of aromatic nitrogens is 2. The fourth-order valence-corrected chi connectivity index (χ4v) is 1.68. The first-order valence-corrected chi connectivity index (χ1v) is 5.92. The minimum absolute atomic E-state index is 0.0130. The van der Waals surface area contributed by atoms with Crippen LogP contribution in [-0.4, -0.2) is 28.2 Å². The van der Waals surface area contributed by atoms with E-state index in [1.165, 1.54) is 6.33 Å². The van der Waals surface area contributed by atoms with Gasteiger partial charge in [-0.15, -0.1) is 0 Å². The predicted molar refractivity (Wildman–Crippen MR) is 71.1 cm³/mol. The topological polar surface area (TPSA) is 81.5 Å². The second-order valence-electron chi connectivity index (χ2n) is 4.08. The fraction of sp³-hybridized carbons (Fsp3) is 0.214. The van der Waals surface area contributed by atoms with Crippen molar-refractivity contribution in [3.8, 4) is 11.6 Å². The molecular weight excluding hydrogens is 260 g/mol. The molecule has 6 heteroatoms. The summed E-state index contributed by atoms with van der Waals surface area (Å²) in [7, 11) is 1.59. The van der Waals surface area contributed by atoms with Gasteiger partial charge < -0.3 is 14.6 Å². The first-order valence-electron chi connectivity index (χ1n) is 5.92. The lowest BCUT2D eigenvalue weighted by Gasteiger charge is -2.09. The second kappa shape index (κ2) is 6.01. The minimum Gasteiger partial charge on any atom is -0.497 e. The van der Waals surface area contributed by atoms with E-state index in [2.05, 4.69) is 9.97 Å². The number of ether oxygens (including phenoxy) is 2. The molecule has 104 valence electrons. The number of carboxylic acid groups (broad SMARTS) is 1. The normalized spacial score (nSPS) is 10.1. The number of carboxylic acids is 1. The van der Waals surface area contributed by atoms with Crippen LogP contribution in [0, 0.1) is 6.92 Å². The lowest BCUT2D eigenvalue weighted by molar-refractivity contribution is 0.0689. The van der Waals surface area contributed by atoms with Crippen molar-refractivity contribution in [2.45, 2.75) is 13.5 Å². The van der Waals surface area contributed by atoms with E-state index >= 15 is 0 Å². The molecule has 0 radical (unpaired) electrons. The van der Waals surface area contributed by atoms with E-state index in [1.54, 1.807) is 14.0 Å². The molecule has 0 aliphatic heterocycles. The molecule has 1 aromatic carbocycles. The molecule has 0 fully saturated rings. The summed E-state index contributed by atoms with van der Waals surface area (Å²) in [5.41, 5.74) is 1.25. The molecule has 2 rings (SSSR count). The lowest BCUT2D eigenvalue weighted by atomic mass is 10.2. The van der Waals surface area contributed by atoms with Crippen molar-refractivity contribution in [3.63, 3.8) is 0 Å². The summed E-state index contributed by atoms with van der Waals surface area (Å²) < 4.78 is 10.5. The summed E-state index contributed by atoms with van der Waals surface area (Å²) in [5, 5.41) is 9.14. The standard InChI is InChI=1S/C14H14N2O4/c1-9-12(14(17)18)13(16-8-15-9)20-7-10-3-5-11(19-2)6-4-10/h3-6,8H,7H2,1-2H3,(H,17,18). The SMILES string of the molecule is COc1ccc(COc2ncnc(C)c2C(=O)O)cc1. The Morgan fingerprint density at radius 3 is 2.55 bits per heavy atom. The Bertz CT molecular complexity index is 611. The Morgan fingerprint density at radius 2 is 1.95 bits per heavy atom. The maximum Gasteiger partial charge on any atom is 0.343 e. The van der Waals surface area contributed by atoms with Crippen molar-refractivity contribution in [1.29, 1.82) is 0 Å². The van der Waals surface area contributed by atoms with Crippen LogP contribution in [-0.2, 0) is 6.61 Å². The van der Waals surface area contributed by atoms with Gasteiger partial charge in [-0.05, 0) is 24.6 Å². The summed E-state index contributed by atoms with van der Waals surface area (Å²) >= 11 is 0. The molecule has 0 unspecified atom stereocenters. The number of nitrogens with zero attached hydrogens (tertiary/aromatic N) is 2. The monoisotopic (exact) mass is 274 g/mol. The zero-order chi connectivity index (χ0) is 14.5. The molecule has 0 saturated carbocycles. The lowest BCUT2D eigenvalue weighted by Crippen LogP contribution is -2.08. The van der Waals surface area contributed by atoms with E-state index < -0.39 is 5.97 Å². The molecule has 2 aromatic rings. The Hall–Kier alpha value is -2.63. The molecule has 0 aliphatic rings. The van der Waals surface area contributed by atoms with Crippen LogP contribution >= 0.6 is 0 Å². The third-order valence-electron chi connectivity index (χ3n) is 2.75. The van der Waals surface area contributed by atoms with E-state index in [1.807, 2.05) is 24.3 Å². The predicted octanol–water partition coefficient (Wildman–Crippen LogP) is 2.07. The molecule has 0 saturated heterocycles. The molecular formula is C14H14N2O4. The van der Waals surface area contributed by atoms with Crippen LogP contribution in [0.15, 0.2) is 30.6 Å². The quantitative estimate of drug-likeness (QED) is 0.898. The zero-order valence-electron chi connectivity index (χ0n) is 11.2. The molecule has 1 heterocycles. The molecule has 0 aliphatic carbocycles. The van der Waals surface area contributed by atoms with Gasteiger partial charge in [0.05, 0.1) is 12.8 Å². The average molecular weight is 274 g/mol. The highest BCUT2D eigenvalue weighted by Crippen LogP contribution is 2.19. The van der Waals surface area contributed by atoms with Crippen molar-refractivity contribution in [2.24, 2.45) is 0 Å². The Morgan fingerprint density at radius 1 is 1.25 bits per heavy atom. The van der Waals surface area contributed by atoms with Crippen molar-refractivity contribution in [3.05, 3.63) is 47.4 Å². The highest BCUT2D eigenvalue weighted by atomic mass is 16.5. The third kappa shape index (κ3) is 3.03. The van der Waals surface area contributed by atoms with Gasteiger partial charge in [0.15, 0.2) is 0 Å². The van der Waals surface area contributed by atoms with Gasteiger partial charge in [-0.25, -0.2) is 14.8 Å². The fourth-order valence-electron chi connectivity index (χ4n) is 1.68. The minimum atomic E-state index is -1.10. The van der Waals surface area contributed by atoms with Crippen LogP contribution in [0.2, 0.25) is 0 Å². The molecule has 0 spiro atoms. The largest absolute Gasteiger partial charge is 0.497 e. The van der Waals surface area contributed by atoms with Crippen LogP contribution in [0.3, 0.4) is 0 Å². The van der Waals surface area contributed by atoms with Crippen molar-refractivity contribution in [2.75, 3.05) is 7.11 Å². The summed E-state index contributed by atoms with van der Waals surface area (Å²) in [5.74, 6) is -0.286. The maximum absolute atomic E-state index is 11.2. The number of aryl methyl sites for hydroxylation is 1. The zero-order valence-corrected chi connectivity index (χ0v) is 11.2. The summed E-state index contributed by atoms with van der Waals surface area (Å²) in [6.07, 6.45) is 1.28. The molecule has 0 atom stereocenters. The number of aromatic carboxylic acids is 1. The number of hydrogen-bond acceptors (Lipinski definition) is 5. The van der Waals surface area contributed by atoms with Crippen molar-refractivity contribution in [1.82, 2.24) is 9.97 Å².